The minimum atomic E-state index is -1.15. The Morgan fingerprint density at radius 3 is 2.51 bits per heavy atom. The van der Waals surface area contributed by atoms with E-state index in [0.29, 0.717) is 53.2 Å². The summed E-state index contributed by atoms with van der Waals surface area (Å²) in [6.45, 7) is 1.44. The molecule has 178 valence electrons. The van der Waals surface area contributed by atoms with Crippen LogP contribution in [0.15, 0.2) is 42.5 Å². The number of aromatic nitrogens is 4. The number of imide groups is 1. The number of anilines is 1. The van der Waals surface area contributed by atoms with Crippen molar-refractivity contribution in [2.24, 2.45) is 0 Å². The minimum absolute atomic E-state index is 0.325. The third kappa shape index (κ3) is 3.91. The number of tetrazole rings is 1. The first-order valence-corrected chi connectivity index (χ1v) is 11.6. The van der Waals surface area contributed by atoms with E-state index >= 15 is 0 Å². The number of hydrogen-bond donors (Lipinski definition) is 1. The van der Waals surface area contributed by atoms with E-state index in [4.69, 9.17) is 23.2 Å². The highest BCUT2D eigenvalue weighted by Gasteiger charge is 2.64. The quantitative estimate of drug-likeness (QED) is 0.523. The molecule has 1 spiro atoms. The molecule has 35 heavy (non-hydrogen) atoms. The molecule has 0 aliphatic carbocycles. The van der Waals surface area contributed by atoms with Gasteiger partial charge in [-0.2, -0.15) is 5.26 Å². The summed E-state index contributed by atoms with van der Waals surface area (Å²) in [6.07, 6.45) is 0.558. The van der Waals surface area contributed by atoms with E-state index in [9.17, 15) is 14.9 Å². The van der Waals surface area contributed by atoms with Crippen LogP contribution >= 0.6 is 23.2 Å². The molecule has 2 fully saturated rings. The molecule has 0 unspecified atom stereocenters. The van der Waals surface area contributed by atoms with E-state index in [1.165, 1.54) is 4.90 Å². The van der Waals surface area contributed by atoms with Crippen LogP contribution in [0.2, 0.25) is 10.0 Å². The number of rotatable bonds is 5. The lowest BCUT2D eigenvalue weighted by Crippen LogP contribution is -2.53. The largest absolute Gasteiger partial charge is 0.332 e. The zero-order chi connectivity index (χ0) is 24.7. The molecular weight excluding hydrogens is 491 g/mol. The first-order chi connectivity index (χ1) is 16.8. The summed E-state index contributed by atoms with van der Waals surface area (Å²) >= 11 is 12.4. The van der Waals surface area contributed by atoms with Gasteiger partial charge in [0.25, 0.3) is 5.91 Å². The van der Waals surface area contributed by atoms with Crippen molar-refractivity contribution >= 4 is 40.8 Å². The van der Waals surface area contributed by atoms with Gasteiger partial charge in [-0.25, -0.2) is 14.8 Å². The van der Waals surface area contributed by atoms with Crippen molar-refractivity contribution in [3.05, 3.63) is 69.5 Å². The van der Waals surface area contributed by atoms with Crippen molar-refractivity contribution in [1.29, 1.82) is 5.26 Å². The molecule has 3 amide bonds. The van der Waals surface area contributed by atoms with Gasteiger partial charge in [0.15, 0.2) is 0 Å². The standard InChI is InChI=1S/C23H20Cl2N8O2/c1-31-22(35)33(18-9-16(24)8-17(25)10-18)21(34)23(31)13-32(7-6-20-27-29-30-28-20)12-19(23)15-4-2-14(11-26)3-5-15/h2-5,8-10,19H,6-7,12-13H2,1H3,(H,27,28,29,30)/t19-,23+/m0/s1. The summed E-state index contributed by atoms with van der Waals surface area (Å²) in [5, 5.41) is 23.8. The number of H-pyrrole nitrogens is 1. The number of benzene rings is 2. The van der Waals surface area contributed by atoms with Gasteiger partial charge >= 0.3 is 6.03 Å². The maximum absolute atomic E-state index is 14.1. The summed E-state index contributed by atoms with van der Waals surface area (Å²) in [6, 6.07) is 13.5. The van der Waals surface area contributed by atoms with Gasteiger partial charge in [-0.3, -0.25) is 9.69 Å². The molecule has 3 heterocycles. The highest BCUT2D eigenvalue weighted by Crippen LogP contribution is 2.46. The molecule has 0 saturated carbocycles. The Bertz CT molecular complexity index is 1300. The van der Waals surface area contributed by atoms with Crippen molar-refractivity contribution in [3.8, 4) is 6.07 Å². The predicted octanol–water partition coefficient (Wildman–Crippen LogP) is 2.86. The Morgan fingerprint density at radius 2 is 1.89 bits per heavy atom. The second-order valence-corrected chi connectivity index (χ2v) is 9.53. The molecule has 2 atom stereocenters. The van der Waals surface area contributed by atoms with Gasteiger partial charge in [0.05, 0.1) is 17.3 Å². The fraction of sp³-hybridized carbons (Fsp3) is 0.304. The topological polar surface area (TPSA) is 122 Å². The number of carbonyl (C=O) groups is 2. The van der Waals surface area contributed by atoms with E-state index < -0.39 is 11.6 Å². The number of hydrogen-bond acceptors (Lipinski definition) is 7. The molecule has 5 rings (SSSR count). The second-order valence-electron chi connectivity index (χ2n) is 8.65. The molecule has 3 aromatic rings. The molecule has 2 saturated heterocycles. The Morgan fingerprint density at radius 1 is 1.17 bits per heavy atom. The van der Waals surface area contributed by atoms with Crippen LogP contribution in [0, 0.1) is 11.3 Å². The summed E-state index contributed by atoms with van der Waals surface area (Å²) < 4.78 is 0. The van der Waals surface area contributed by atoms with E-state index in [1.54, 1.807) is 37.4 Å². The summed E-state index contributed by atoms with van der Waals surface area (Å²) in [7, 11) is 1.65. The van der Waals surface area contributed by atoms with Gasteiger partial charge < -0.3 is 4.90 Å². The summed E-state index contributed by atoms with van der Waals surface area (Å²) in [4.78, 5) is 32.4. The lowest BCUT2D eigenvalue weighted by molar-refractivity contribution is -0.124. The van der Waals surface area contributed by atoms with E-state index in [2.05, 4.69) is 31.6 Å². The van der Waals surface area contributed by atoms with Crippen LogP contribution in [0.5, 0.6) is 0 Å². The maximum Gasteiger partial charge on any atom is 0.332 e. The number of likely N-dealkylation sites (N-methyl/N-ethyl adjacent to an activating group) is 1. The van der Waals surface area contributed by atoms with Crippen molar-refractivity contribution in [2.75, 3.05) is 31.6 Å². The number of likely N-dealkylation sites (tertiary alicyclic amines) is 1. The van der Waals surface area contributed by atoms with Crippen LogP contribution in [0.4, 0.5) is 10.5 Å². The van der Waals surface area contributed by atoms with Crippen LogP contribution in [0.1, 0.15) is 22.9 Å². The first kappa shape index (κ1) is 23.2. The number of nitrogens with zero attached hydrogens (tertiary/aromatic N) is 7. The summed E-state index contributed by atoms with van der Waals surface area (Å²) in [5.41, 5.74) is 0.560. The normalized spacial score (nSPS) is 22.4. The number of aromatic amines is 1. The Balaban J connectivity index is 1.54. The van der Waals surface area contributed by atoms with Crippen molar-refractivity contribution in [1.82, 2.24) is 30.4 Å². The molecule has 2 aliphatic heterocycles. The molecule has 2 aliphatic rings. The molecule has 10 nitrogen and oxygen atoms in total. The Labute approximate surface area is 211 Å². The van der Waals surface area contributed by atoms with Gasteiger partial charge in [-0.15, -0.1) is 5.10 Å². The van der Waals surface area contributed by atoms with Crippen molar-refractivity contribution in [2.45, 2.75) is 17.9 Å². The van der Waals surface area contributed by atoms with E-state index in [0.717, 1.165) is 10.5 Å². The lowest BCUT2D eigenvalue weighted by Gasteiger charge is -2.34. The van der Waals surface area contributed by atoms with Crippen LogP contribution in [-0.2, 0) is 11.2 Å². The lowest BCUT2D eigenvalue weighted by atomic mass is 9.80. The van der Waals surface area contributed by atoms with Crippen LogP contribution in [-0.4, -0.2) is 74.6 Å². The van der Waals surface area contributed by atoms with Gasteiger partial charge in [0.1, 0.15) is 11.4 Å². The SMILES string of the molecule is CN1C(=O)N(c2cc(Cl)cc(Cl)c2)C(=O)[C@]12CN(CCc1nnn[nH]1)C[C@H]2c1ccc(C#N)cc1. The molecule has 0 radical (unpaired) electrons. The smallest absolute Gasteiger partial charge is 0.310 e. The number of halogens is 2. The number of amides is 3. The Hall–Kier alpha value is -3.52. The number of nitriles is 1. The fourth-order valence-electron chi connectivity index (χ4n) is 5.01. The number of carbonyl (C=O) groups excluding carboxylic acids is 2. The van der Waals surface area contributed by atoms with Crippen molar-refractivity contribution in [3.63, 3.8) is 0 Å². The molecular formula is C23H20Cl2N8O2. The van der Waals surface area contributed by atoms with Crippen LogP contribution in [0.3, 0.4) is 0 Å². The molecule has 12 heteroatoms. The van der Waals surface area contributed by atoms with Gasteiger partial charge in [0.2, 0.25) is 0 Å². The van der Waals surface area contributed by atoms with Crippen molar-refractivity contribution < 1.29 is 9.59 Å². The number of nitrogens with one attached hydrogen (secondary N) is 1. The van der Waals surface area contributed by atoms with Gasteiger partial charge in [-0.05, 0) is 46.3 Å². The highest BCUT2D eigenvalue weighted by atomic mass is 35.5. The highest BCUT2D eigenvalue weighted by molar-refractivity contribution is 6.35. The average molecular weight is 511 g/mol. The maximum atomic E-state index is 14.1. The van der Waals surface area contributed by atoms with Gasteiger partial charge in [-0.1, -0.05) is 35.3 Å². The fourth-order valence-corrected chi connectivity index (χ4v) is 5.53. The average Bonchev–Trinajstić information content (AvgIpc) is 3.54. The molecule has 1 aromatic heterocycles. The van der Waals surface area contributed by atoms with Crippen LogP contribution in [0.25, 0.3) is 0 Å². The molecule has 0 bridgehead atoms. The Kier molecular flexibility index (Phi) is 5.92. The van der Waals surface area contributed by atoms with Crippen LogP contribution < -0.4 is 4.90 Å². The summed E-state index contributed by atoms with van der Waals surface area (Å²) in [5.74, 6) is -0.0380. The van der Waals surface area contributed by atoms with E-state index in [1.807, 2.05) is 12.1 Å². The number of urea groups is 1. The predicted molar refractivity (Wildman–Crippen MR) is 128 cm³/mol. The third-order valence-corrected chi connectivity index (χ3v) is 7.17. The zero-order valence-corrected chi connectivity index (χ0v) is 20.2. The third-order valence-electron chi connectivity index (χ3n) is 6.73. The molecule has 1 N–H and O–H groups in total. The minimum Gasteiger partial charge on any atom is -0.310 e. The zero-order valence-electron chi connectivity index (χ0n) is 18.7. The second kappa shape index (κ2) is 8.92. The molecule has 2 aromatic carbocycles. The van der Waals surface area contributed by atoms with E-state index in [-0.39, 0.29) is 11.8 Å². The monoisotopic (exact) mass is 510 g/mol. The van der Waals surface area contributed by atoms with Gasteiger partial charge in [0, 0.05) is 49.1 Å². The first-order valence-electron chi connectivity index (χ1n) is 10.9.